The molecule has 0 aliphatic heterocycles. The van der Waals surface area contributed by atoms with Crippen LogP contribution in [0.25, 0.3) is 101 Å². The Labute approximate surface area is 405 Å². The number of hydrogen-bond donors (Lipinski definition) is 0. The number of rotatable bonds is 9. The molecule has 15 heteroatoms. The summed E-state index contributed by atoms with van der Waals surface area (Å²) in [7, 11) is 0. The highest BCUT2D eigenvalue weighted by atomic mass is 19.4. The molecule has 0 aliphatic rings. The van der Waals surface area contributed by atoms with E-state index in [0.29, 0.717) is 67.2 Å². The van der Waals surface area contributed by atoms with Gasteiger partial charge in [0.15, 0.2) is 17.5 Å². The molecular formula is C57H33F9N6. The van der Waals surface area contributed by atoms with Gasteiger partial charge in [0, 0.05) is 52.0 Å². The molecule has 0 radical (unpaired) electrons. The molecule has 0 fully saturated rings. The second-order valence-electron chi connectivity index (χ2n) is 16.5. The predicted molar refractivity (Wildman–Crippen MR) is 257 cm³/mol. The Balaban J connectivity index is 1.08. The van der Waals surface area contributed by atoms with Crippen molar-refractivity contribution < 1.29 is 39.5 Å². The maximum absolute atomic E-state index is 14.0. The zero-order valence-electron chi connectivity index (χ0n) is 37.1. The van der Waals surface area contributed by atoms with E-state index in [2.05, 4.69) is 15.0 Å². The van der Waals surface area contributed by atoms with Gasteiger partial charge in [-0.05, 0) is 106 Å². The SMILES string of the molecule is FC(F)(F)c1ccc(-c2ccccn2)c(-c2ccc(-c3nc(-c4ccc(-c5cc(C(F)(F)F)ccc5-c5ccccn5)cc4)nc(-c4ccc(-c5cc(C(F)(F)F)ccc5-c5ccccn5)cc4)n3)cc2)c1. The van der Waals surface area contributed by atoms with Crippen LogP contribution in [0.5, 0.6) is 0 Å². The van der Waals surface area contributed by atoms with Gasteiger partial charge in [0.1, 0.15) is 0 Å². The van der Waals surface area contributed by atoms with Crippen molar-refractivity contribution >= 4 is 0 Å². The van der Waals surface area contributed by atoms with Gasteiger partial charge in [-0.3, -0.25) is 15.0 Å². The molecule has 4 heterocycles. The van der Waals surface area contributed by atoms with E-state index >= 15 is 0 Å². The molecule has 0 amide bonds. The fraction of sp³-hybridized carbons (Fsp3) is 0.0526. The van der Waals surface area contributed by atoms with E-state index in [4.69, 9.17) is 15.0 Å². The number of hydrogen-bond acceptors (Lipinski definition) is 6. The van der Waals surface area contributed by atoms with E-state index in [1.807, 2.05) is 0 Å². The number of nitrogens with zero attached hydrogens (tertiary/aromatic N) is 6. The van der Waals surface area contributed by atoms with Gasteiger partial charge in [-0.2, -0.15) is 39.5 Å². The highest BCUT2D eigenvalue weighted by Gasteiger charge is 2.33. The van der Waals surface area contributed by atoms with Crippen LogP contribution in [0.3, 0.4) is 0 Å². The lowest BCUT2D eigenvalue weighted by Gasteiger charge is -2.15. The van der Waals surface area contributed by atoms with Gasteiger partial charge >= 0.3 is 18.5 Å². The van der Waals surface area contributed by atoms with Gasteiger partial charge in [-0.25, -0.2) is 15.0 Å². The van der Waals surface area contributed by atoms with Crippen molar-refractivity contribution in [1.29, 1.82) is 0 Å². The van der Waals surface area contributed by atoms with E-state index in [1.54, 1.807) is 146 Å². The second-order valence-corrected chi connectivity index (χ2v) is 16.5. The first kappa shape index (κ1) is 46.9. The number of alkyl halides is 9. The highest BCUT2D eigenvalue weighted by molar-refractivity contribution is 5.86. The zero-order chi connectivity index (χ0) is 50.2. The Hall–Kier alpha value is -8.85. The standard InChI is InChI=1S/C57H33F9N6/c58-55(59,60)40-22-25-43(49-7-1-4-28-67-49)46(31-40)34-10-16-37(17-11-34)52-70-53(38-18-12-35(13-19-38)47-32-41(56(61,62)63)23-26-44(47)50-8-2-5-29-68-50)72-54(71-52)39-20-14-36(15-21-39)48-33-42(57(64,65)66)24-27-45(48)51-9-3-6-30-69-51/h1-33H. The summed E-state index contributed by atoms with van der Waals surface area (Å²) in [6, 6.07) is 45.6. The largest absolute Gasteiger partial charge is 0.416 e. The van der Waals surface area contributed by atoms with Crippen molar-refractivity contribution in [2.45, 2.75) is 18.5 Å². The number of benzene rings is 6. The van der Waals surface area contributed by atoms with Gasteiger partial charge in [-0.1, -0.05) is 109 Å². The molecule has 0 saturated heterocycles. The summed E-state index contributed by atoms with van der Waals surface area (Å²) in [6.45, 7) is 0. The first-order valence-corrected chi connectivity index (χ1v) is 22.0. The van der Waals surface area contributed by atoms with Crippen LogP contribution in [-0.4, -0.2) is 29.9 Å². The average Bonchev–Trinajstić information content (AvgIpc) is 3.40. The third kappa shape index (κ3) is 9.81. The Bertz CT molecular complexity index is 3160. The van der Waals surface area contributed by atoms with E-state index in [-0.39, 0.29) is 34.2 Å². The summed E-state index contributed by atoms with van der Waals surface area (Å²) >= 11 is 0. The summed E-state index contributed by atoms with van der Waals surface area (Å²) in [5.41, 5.74) is 3.87. The fourth-order valence-corrected chi connectivity index (χ4v) is 8.27. The quantitative estimate of drug-likeness (QED) is 0.134. The summed E-state index contributed by atoms with van der Waals surface area (Å²) in [4.78, 5) is 27.6. The van der Waals surface area contributed by atoms with E-state index < -0.39 is 35.2 Å². The van der Waals surface area contributed by atoms with Crippen molar-refractivity contribution in [3.63, 3.8) is 0 Å². The molecule has 72 heavy (non-hydrogen) atoms. The molecule has 10 aromatic rings. The van der Waals surface area contributed by atoms with Crippen LogP contribution in [-0.2, 0) is 18.5 Å². The van der Waals surface area contributed by atoms with Crippen LogP contribution in [0.15, 0.2) is 201 Å². The van der Waals surface area contributed by atoms with Crippen LogP contribution < -0.4 is 0 Å². The highest BCUT2D eigenvalue weighted by Crippen LogP contribution is 2.42. The lowest BCUT2D eigenvalue weighted by atomic mass is 9.94. The van der Waals surface area contributed by atoms with Crippen molar-refractivity contribution in [2.24, 2.45) is 0 Å². The van der Waals surface area contributed by atoms with Gasteiger partial charge in [0.05, 0.1) is 33.8 Å². The van der Waals surface area contributed by atoms with Gasteiger partial charge in [0.25, 0.3) is 0 Å². The summed E-state index contributed by atoms with van der Waals surface area (Å²) < 4.78 is 126. The van der Waals surface area contributed by atoms with E-state index in [9.17, 15) is 39.5 Å². The second kappa shape index (κ2) is 18.8. The lowest BCUT2D eigenvalue weighted by Crippen LogP contribution is -2.05. The molecule has 4 aromatic heterocycles. The molecular weight excluding hydrogens is 940 g/mol. The van der Waals surface area contributed by atoms with Crippen LogP contribution in [0.2, 0.25) is 0 Å². The Morgan fingerprint density at radius 1 is 0.250 bits per heavy atom. The summed E-state index contributed by atoms with van der Waals surface area (Å²) in [5.74, 6) is 0.484. The van der Waals surface area contributed by atoms with E-state index in [0.717, 1.165) is 36.4 Å². The number of pyridine rings is 3. The maximum Gasteiger partial charge on any atom is 0.416 e. The topological polar surface area (TPSA) is 77.3 Å². The molecule has 354 valence electrons. The number of aromatic nitrogens is 6. The molecule has 0 bridgehead atoms. The van der Waals surface area contributed by atoms with Gasteiger partial charge in [0.2, 0.25) is 0 Å². The molecule has 10 rings (SSSR count). The molecule has 0 aliphatic carbocycles. The van der Waals surface area contributed by atoms with Crippen LogP contribution in [0.4, 0.5) is 39.5 Å². The smallest absolute Gasteiger partial charge is 0.256 e. The molecule has 0 saturated carbocycles. The lowest BCUT2D eigenvalue weighted by molar-refractivity contribution is -0.138. The molecule has 6 aromatic carbocycles. The maximum atomic E-state index is 14.0. The minimum absolute atomic E-state index is 0.161. The number of halogens is 9. The minimum atomic E-state index is -4.62. The Kier molecular flexibility index (Phi) is 12.2. The summed E-state index contributed by atoms with van der Waals surface area (Å²) in [6.07, 6.45) is -9.21. The van der Waals surface area contributed by atoms with Crippen molar-refractivity contribution in [1.82, 2.24) is 29.9 Å². The van der Waals surface area contributed by atoms with E-state index in [1.165, 1.54) is 18.2 Å². The monoisotopic (exact) mass is 972 g/mol. The first-order chi connectivity index (χ1) is 34.6. The van der Waals surface area contributed by atoms with Crippen molar-refractivity contribution in [3.8, 4) is 101 Å². The fourth-order valence-electron chi connectivity index (χ4n) is 8.27. The van der Waals surface area contributed by atoms with Crippen molar-refractivity contribution in [2.75, 3.05) is 0 Å². The van der Waals surface area contributed by atoms with Gasteiger partial charge in [-0.15, -0.1) is 0 Å². The Morgan fingerprint density at radius 2 is 0.500 bits per heavy atom. The third-order valence-electron chi connectivity index (χ3n) is 11.9. The molecule has 0 atom stereocenters. The van der Waals surface area contributed by atoms with Crippen LogP contribution in [0, 0.1) is 0 Å². The minimum Gasteiger partial charge on any atom is -0.256 e. The molecule has 0 unspecified atom stereocenters. The third-order valence-corrected chi connectivity index (χ3v) is 11.9. The molecule has 6 nitrogen and oxygen atoms in total. The van der Waals surface area contributed by atoms with Crippen LogP contribution in [0.1, 0.15) is 16.7 Å². The molecule has 0 spiro atoms. The molecule has 0 N–H and O–H groups in total. The van der Waals surface area contributed by atoms with Crippen LogP contribution >= 0.6 is 0 Å². The predicted octanol–water partition coefficient (Wildman–Crippen LogP) is 16.1. The average molecular weight is 973 g/mol. The Morgan fingerprint density at radius 3 is 0.722 bits per heavy atom. The zero-order valence-corrected chi connectivity index (χ0v) is 37.1. The van der Waals surface area contributed by atoms with Gasteiger partial charge < -0.3 is 0 Å². The normalized spacial score (nSPS) is 12.0. The first-order valence-electron chi connectivity index (χ1n) is 22.0. The summed E-state index contributed by atoms with van der Waals surface area (Å²) in [5, 5.41) is 0. The van der Waals surface area contributed by atoms with Crippen molar-refractivity contribution in [3.05, 3.63) is 217 Å².